The number of sulfonamides is 1. The van der Waals surface area contributed by atoms with Crippen molar-refractivity contribution >= 4 is 21.8 Å². The molecule has 194 valence electrons. The number of carbonyl (C=O) groups excluding carboxylic acids is 2. The zero-order chi connectivity index (χ0) is 26.7. The molecule has 0 saturated carbocycles. The van der Waals surface area contributed by atoms with Gasteiger partial charge in [-0.25, -0.2) is 8.42 Å². The standard InChI is InChI=1S/C29H33N3O4S/c1-3-19-30-29(34)27(20-24-13-7-4-8-14-24)32(22-26-17-11-6-12-18-26)28(33)23-31(37(2,35)36)21-25-15-9-5-10-16-25/h3-18,27H,1,19-23H2,2H3,(H,30,34)/t27-/m0/s1. The van der Waals surface area contributed by atoms with Crippen LogP contribution < -0.4 is 5.32 Å². The lowest BCUT2D eigenvalue weighted by Crippen LogP contribution is -2.53. The van der Waals surface area contributed by atoms with Gasteiger partial charge in [0.05, 0.1) is 12.8 Å². The zero-order valence-corrected chi connectivity index (χ0v) is 21.8. The van der Waals surface area contributed by atoms with Gasteiger partial charge < -0.3 is 10.2 Å². The van der Waals surface area contributed by atoms with Crippen LogP contribution in [0.1, 0.15) is 16.7 Å². The van der Waals surface area contributed by atoms with Crippen LogP contribution in [-0.4, -0.2) is 54.8 Å². The molecule has 0 aromatic heterocycles. The number of nitrogens with zero attached hydrogens (tertiary/aromatic N) is 2. The van der Waals surface area contributed by atoms with Gasteiger partial charge in [0.2, 0.25) is 21.8 Å². The van der Waals surface area contributed by atoms with Crippen molar-refractivity contribution in [2.24, 2.45) is 0 Å². The van der Waals surface area contributed by atoms with E-state index >= 15 is 0 Å². The molecule has 0 aliphatic carbocycles. The molecule has 0 aliphatic heterocycles. The summed E-state index contributed by atoms with van der Waals surface area (Å²) in [7, 11) is -3.71. The van der Waals surface area contributed by atoms with Crippen molar-refractivity contribution in [3.8, 4) is 0 Å². The quantitative estimate of drug-likeness (QED) is 0.351. The fourth-order valence-electron chi connectivity index (χ4n) is 3.94. The van der Waals surface area contributed by atoms with E-state index in [0.717, 1.165) is 27.3 Å². The molecule has 7 nitrogen and oxygen atoms in total. The van der Waals surface area contributed by atoms with E-state index in [9.17, 15) is 18.0 Å². The Labute approximate surface area is 219 Å². The second-order valence-electron chi connectivity index (χ2n) is 8.76. The lowest BCUT2D eigenvalue weighted by atomic mass is 10.0. The maximum absolute atomic E-state index is 13.8. The summed E-state index contributed by atoms with van der Waals surface area (Å²) in [4.78, 5) is 28.6. The van der Waals surface area contributed by atoms with E-state index in [2.05, 4.69) is 11.9 Å². The second kappa shape index (κ2) is 13.5. The Bertz CT molecular complexity index is 1270. The Morgan fingerprint density at radius 3 is 1.81 bits per heavy atom. The minimum atomic E-state index is -3.71. The van der Waals surface area contributed by atoms with Gasteiger partial charge in [-0.2, -0.15) is 4.31 Å². The highest BCUT2D eigenvalue weighted by Gasteiger charge is 2.32. The van der Waals surface area contributed by atoms with Crippen LogP contribution in [0.2, 0.25) is 0 Å². The molecule has 1 atom stereocenters. The van der Waals surface area contributed by atoms with Crippen molar-refractivity contribution in [3.05, 3.63) is 120 Å². The Morgan fingerprint density at radius 2 is 1.32 bits per heavy atom. The number of hydrogen-bond acceptors (Lipinski definition) is 4. The zero-order valence-electron chi connectivity index (χ0n) is 21.0. The van der Waals surface area contributed by atoms with Gasteiger partial charge >= 0.3 is 0 Å². The summed E-state index contributed by atoms with van der Waals surface area (Å²) in [5.41, 5.74) is 2.48. The molecule has 0 saturated heterocycles. The first-order valence-electron chi connectivity index (χ1n) is 12.0. The average Bonchev–Trinajstić information content (AvgIpc) is 2.90. The van der Waals surface area contributed by atoms with Crippen molar-refractivity contribution in [3.63, 3.8) is 0 Å². The Balaban J connectivity index is 1.96. The topological polar surface area (TPSA) is 86.8 Å². The first-order chi connectivity index (χ1) is 17.8. The van der Waals surface area contributed by atoms with Gasteiger partial charge in [-0.3, -0.25) is 9.59 Å². The highest BCUT2D eigenvalue weighted by molar-refractivity contribution is 7.88. The Morgan fingerprint density at radius 1 is 0.838 bits per heavy atom. The summed E-state index contributed by atoms with van der Waals surface area (Å²) in [6.07, 6.45) is 2.94. The number of benzene rings is 3. The predicted molar refractivity (Wildman–Crippen MR) is 146 cm³/mol. The van der Waals surface area contributed by atoms with E-state index < -0.39 is 22.0 Å². The minimum Gasteiger partial charge on any atom is -0.351 e. The number of rotatable bonds is 13. The molecule has 0 aliphatic rings. The van der Waals surface area contributed by atoms with E-state index in [-0.39, 0.29) is 38.5 Å². The van der Waals surface area contributed by atoms with Crippen LogP contribution in [0.4, 0.5) is 0 Å². The number of nitrogens with one attached hydrogen (secondary N) is 1. The largest absolute Gasteiger partial charge is 0.351 e. The van der Waals surface area contributed by atoms with Crippen LogP contribution in [0.3, 0.4) is 0 Å². The molecule has 0 spiro atoms. The van der Waals surface area contributed by atoms with Gasteiger partial charge in [0.15, 0.2) is 0 Å². The molecule has 2 amide bonds. The van der Waals surface area contributed by atoms with Crippen LogP contribution in [0.25, 0.3) is 0 Å². The third-order valence-corrected chi connectivity index (χ3v) is 7.07. The molecule has 0 unspecified atom stereocenters. The van der Waals surface area contributed by atoms with Crippen molar-refractivity contribution in [2.45, 2.75) is 25.6 Å². The van der Waals surface area contributed by atoms with Crippen LogP contribution in [-0.2, 0) is 39.1 Å². The molecule has 0 heterocycles. The molecule has 37 heavy (non-hydrogen) atoms. The second-order valence-corrected chi connectivity index (χ2v) is 10.7. The average molecular weight is 520 g/mol. The summed E-state index contributed by atoms with van der Waals surface area (Å²) in [6.45, 7) is 3.73. The molecule has 3 aromatic carbocycles. The summed E-state index contributed by atoms with van der Waals surface area (Å²) >= 11 is 0. The Kier molecular flexibility index (Phi) is 10.2. The molecular weight excluding hydrogens is 486 g/mol. The van der Waals surface area contributed by atoms with Crippen LogP contribution >= 0.6 is 0 Å². The van der Waals surface area contributed by atoms with Crippen LogP contribution in [0.5, 0.6) is 0 Å². The van der Waals surface area contributed by atoms with Gasteiger partial charge in [-0.15, -0.1) is 6.58 Å². The molecular formula is C29H33N3O4S. The third kappa shape index (κ3) is 8.70. The molecule has 0 radical (unpaired) electrons. The molecule has 8 heteroatoms. The van der Waals surface area contributed by atoms with Crippen molar-refractivity contribution < 1.29 is 18.0 Å². The lowest BCUT2D eigenvalue weighted by molar-refractivity contribution is -0.141. The first kappa shape index (κ1) is 27.8. The van der Waals surface area contributed by atoms with Crippen molar-refractivity contribution in [1.82, 2.24) is 14.5 Å². The van der Waals surface area contributed by atoms with E-state index in [1.54, 1.807) is 6.08 Å². The van der Waals surface area contributed by atoms with Crippen molar-refractivity contribution in [2.75, 3.05) is 19.3 Å². The molecule has 3 rings (SSSR count). The number of carbonyl (C=O) groups is 2. The monoisotopic (exact) mass is 519 g/mol. The van der Waals surface area contributed by atoms with E-state index in [4.69, 9.17) is 0 Å². The molecule has 0 bridgehead atoms. The minimum absolute atomic E-state index is 0.0522. The fourth-order valence-corrected chi connectivity index (χ4v) is 4.67. The summed E-state index contributed by atoms with van der Waals surface area (Å²) in [6, 6.07) is 27.0. The summed E-state index contributed by atoms with van der Waals surface area (Å²) < 4.78 is 26.4. The van der Waals surface area contributed by atoms with E-state index in [1.165, 1.54) is 4.90 Å². The van der Waals surface area contributed by atoms with Gasteiger partial charge in [-0.05, 0) is 16.7 Å². The summed E-state index contributed by atoms with van der Waals surface area (Å²) in [5, 5.41) is 2.81. The maximum atomic E-state index is 13.8. The van der Waals surface area contributed by atoms with E-state index in [0.29, 0.717) is 0 Å². The third-order valence-electron chi connectivity index (χ3n) is 5.87. The van der Waals surface area contributed by atoms with E-state index in [1.807, 2.05) is 91.0 Å². The Hall–Kier alpha value is -3.75. The SMILES string of the molecule is C=CCNC(=O)[C@H](Cc1ccccc1)N(Cc1ccccc1)C(=O)CN(Cc1ccccc1)S(C)(=O)=O. The number of amides is 2. The van der Waals surface area contributed by atoms with Gasteiger partial charge in [0.1, 0.15) is 6.04 Å². The van der Waals surface area contributed by atoms with Crippen LogP contribution in [0.15, 0.2) is 104 Å². The highest BCUT2D eigenvalue weighted by Crippen LogP contribution is 2.17. The first-order valence-corrected chi connectivity index (χ1v) is 13.9. The fraction of sp³-hybridized carbons (Fsp3) is 0.241. The molecule has 3 aromatic rings. The lowest BCUT2D eigenvalue weighted by Gasteiger charge is -2.33. The highest BCUT2D eigenvalue weighted by atomic mass is 32.2. The summed E-state index contributed by atoms with van der Waals surface area (Å²) in [5.74, 6) is -0.790. The maximum Gasteiger partial charge on any atom is 0.243 e. The normalized spacial score (nSPS) is 12.1. The number of hydrogen-bond donors (Lipinski definition) is 1. The predicted octanol–water partition coefficient (Wildman–Crippen LogP) is 3.39. The molecule has 1 N–H and O–H groups in total. The van der Waals surface area contributed by atoms with Crippen molar-refractivity contribution in [1.29, 1.82) is 0 Å². The molecule has 0 fully saturated rings. The van der Waals surface area contributed by atoms with Crippen LogP contribution in [0, 0.1) is 0 Å². The van der Waals surface area contributed by atoms with Gasteiger partial charge in [0, 0.05) is 26.1 Å². The van der Waals surface area contributed by atoms with Gasteiger partial charge in [0.25, 0.3) is 0 Å². The van der Waals surface area contributed by atoms with Gasteiger partial charge in [-0.1, -0.05) is 97.1 Å². The smallest absolute Gasteiger partial charge is 0.243 e.